The molecule has 0 saturated heterocycles. The van der Waals surface area contributed by atoms with Crippen LogP contribution >= 0.6 is 11.3 Å². The summed E-state index contributed by atoms with van der Waals surface area (Å²) in [6.45, 7) is 1.94. The Bertz CT molecular complexity index is 956. The summed E-state index contributed by atoms with van der Waals surface area (Å²) < 4.78 is 11.5. The van der Waals surface area contributed by atoms with Crippen molar-refractivity contribution >= 4 is 38.6 Å². The maximum atomic E-state index is 11.9. The van der Waals surface area contributed by atoms with Crippen LogP contribution in [0.25, 0.3) is 10.2 Å². The van der Waals surface area contributed by atoms with Gasteiger partial charge in [-0.2, -0.15) is 4.73 Å². The Balaban J connectivity index is 1.60. The van der Waals surface area contributed by atoms with Crippen molar-refractivity contribution in [3.05, 3.63) is 53.5 Å². The Morgan fingerprint density at radius 1 is 1.31 bits per heavy atom. The quantitative estimate of drug-likeness (QED) is 0.403. The van der Waals surface area contributed by atoms with Gasteiger partial charge in [0.15, 0.2) is 17.9 Å². The molecule has 0 bridgehead atoms. The first-order valence-electron chi connectivity index (χ1n) is 7.75. The minimum atomic E-state index is -0.874. The molecule has 0 radical (unpaired) electrons. The largest absolute Gasteiger partial charge is 0.618 e. The van der Waals surface area contributed by atoms with Crippen molar-refractivity contribution in [1.82, 2.24) is 4.98 Å². The van der Waals surface area contributed by atoms with E-state index in [0.29, 0.717) is 16.5 Å². The first-order chi connectivity index (χ1) is 12.6. The smallest absolute Gasteiger partial charge is 0.405 e. The SMILES string of the molecule is CCOc1ccc2nc(NC(=O)COC(=O)c3cccc[n+]3[O-])sc2c1. The molecule has 1 aromatic carbocycles. The fourth-order valence-electron chi connectivity index (χ4n) is 2.16. The molecular formula is C17H15N3O5S. The van der Waals surface area contributed by atoms with Crippen LogP contribution in [-0.2, 0) is 9.53 Å². The summed E-state index contributed by atoms with van der Waals surface area (Å²) >= 11 is 1.28. The van der Waals surface area contributed by atoms with Crippen molar-refractivity contribution in [2.24, 2.45) is 0 Å². The number of thiazole rings is 1. The Hall–Kier alpha value is -3.20. The summed E-state index contributed by atoms with van der Waals surface area (Å²) in [4.78, 5) is 28.1. The van der Waals surface area contributed by atoms with Gasteiger partial charge in [-0.1, -0.05) is 11.3 Å². The van der Waals surface area contributed by atoms with E-state index in [1.54, 1.807) is 12.1 Å². The van der Waals surface area contributed by atoms with Gasteiger partial charge in [-0.15, -0.1) is 0 Å². The predicted molar refractivity (Wildman–Crippen MR) is 95.1 cm³/mol. The van der Waals surface area contributed by atoms with Gasteiger partial charge in [-0.25, -0.2) is 9.78 Å². The van der Waals surface area contributed by atoms with Gasteiger partial charge in [0, 0.05) is 12.1 Å². The molecule has 3 rings (SSSR count). The molecule has 0 aliphatic carbocycles. The van der Waals surface area contributed by atoms with E-state index in [4.69, 9.17) is 9.47 Å². The Morgan fingerprint density at radius 3 is 2.92 bits per heavy atom. The maximum Gasteiger partial charge on any atom is 0.405 e. The standard InChI is InChI=1S/C17H15N3O5S/c1-2-24-11-6-7-12-14(9-11)26-17(18-12)19-15(21)10-25-16(22)13-5-3-4-8-20(13)23/h3-9H,2,10H2,1H3,(H,18,19,21). The van der Waals surface area contributed by atoms with Crippen molar-refractivity contribution in [2.75, 3.05) is 18.5 Å². The van der Waals surface area contributed by atoms with Crippen molar-refractivity contribution < 1.29 is 23.8 Å². The second-order valence-electron chi connectivity index (χ2n) is 5.12. The van der Waals surface area contributed by atoms with Gasteiger partial charge in [-0.3, -0.25) is 10.1 Å². The van der Waals surface area contributed by atoms with E-state index in [1.807, 2.05) is 13.0 Å². The number of ether oxygens (including phenoxy) is 2. The van der Waals surface area contributed by atoms with Gasteiger partial charge in [-0.05, 0) is 31.2 Å². The summed E-state index contributed by atoms with van der Waals surface area (Å²) in [7, 11) is 0. The molecule has 0 saturated carbocycles. The number of hydrogen-bond acceptors (Lipinski definition) is 7. The number of benzene rings is 1. The van der Waals surface area contributed by atoms with Crippen molar-refractivity contribution in [3.63, 3.8) is 0 Å². The number of nitrogens with one attached hydrogen (secondary N) is 1. The van der Waals surface area contributed by atoms with Crippen LogP contribution in [0.5, 0.6) is 5.75 Å². The zero-order chi connectivity index (χ0) is 18.5. The molecule has 0 fully saturated rings. The molecular weight excluding hydrogens is 358 g/mol. The molecule has 0 atom stereocenters. The van der Waals surface area contributed by atoms with Crippen LogP contribution in [0.1, 0.15) is 17.4 Å². The van der Waals surface area contributed by atoms with Gasteiger partial charge in [0.1, 0.15) is 5.75 Å². The molecule has 2 aromatic heterocycles. The van der Waals surface area contributed by atoms with E-state index in [9.17, 15) is 14.8 Å². The van der Waals surface area contributed by atoms with Crippen molar-refractivity contribution in [3.8, 4) is 5.75 Å². The van der Waals surface area contributed by atoms with Crippen LogP contribution in [0.2, 0.25) is 0 Å². The molecule has 1 N–H and O–H groups in total. The molecule has 3 aromatic rings. The summed E-state index contributed by atoms with van der Waals surface area (Å²) in [5, 5.41) is 14.4. The van der Waals surface area contributed by atoms with E-state index < -0.39 is 18.5 Å². The van der Waals surface area contributed by atoms with Gasteiger partial charge in [0.25, 0.3) is 5.91 Å². The van der Waals surface area contributed by atoms with Crippen LogP contribution in [0.15, 0.2) is 42.6 Å². The van der Waals surface area contributed by atoms with Crippen molar-refractivity contribution in [2.45, 2.75) is 6.92 Å². The van der Waals surface area contributed by atoms with Crippen LogP contribution < -0.4 is 14.8 Å². The predicted octanol–water partition coefficient (Wildman–Crippen LogP) is 2.12. The molecule has 0 aliphatic heterocycles. The lowest BCUT2D eigenvalue weighted by Crippen LogP contribution is -2.35. The lowest BCUT2D eigenvalue weighted by Gasteiger charge is -2.04. The molecule has 134 valence electrons. The number of rotatable bonds is 6. The number of aromatic nitrogens is 2. The zero-order valence-corrected chi connectivity index (χ0v) is 14.6. The van der Waals surface area contributed by atoms with Crippen LogP contribution in [0.4, 0.5) is 5.13 Å². The van der Waals surface area contributed by atoms with E-state index in [1.165, 1.54) is 35.7 Å². The second-order valence-corrected chi connectivity index (χ2v) is 6.15. The number of anilines is 1. The summed E-state index contributed by atoms with van der Waals surface area (Å²) in [6, 6.07) is 9.78. The number of fused-ring (bicyclic) bond motifs is 1. The van der Waals surface area contributed by atoms with Crippen LogP contribution in [0, 0.1) is 5.21 Å². The molecule has 0 aliphatic rings. The molecule has 9 heteroatoms. The monoisotopic (exact) mass is 373 g/mol. The Morgan fingerprint density at radius 2 is 2.15 bits per heavy atom. The summed E-state index contributed by atoms with van der Waals surface area (Å²) in [6.07, 6.45) is 1.17. The molecule has 26 heavy (non-hydrogen) atoms. The lowest BCUT2D eigenvalue weighted by atomic mass is 10.3. The van der Waals surface area contributed by atoms with Gasteiger partial charge >= 0.3 is 11.7 Å². The number of esters is 1. The number of carbonyl (C=O) groups is 2. The minimum absolute atomic E-state index is 0.191. The fourth-order valence-corrected chi connectivity index (χ4v) is 3.07. The van der Waals surface area contributed by atoms with Gasteiger partial charge < -0.3 is 14.7 Å². The third kappa shape index (κ3) is 4.06. The minimum Gasteiger partial charge on any atom is -0.618 e. The van der Waals surface area contributed by atoms with E-state index in [-0.39, 0.29) is 5.69 Å². The highest BCUT2D eigenvalue weighted by molar-refractivity contribution is 7.22. The molecule has 2 heterocycles. The van der Waals surface area contributed by atoms with E-state index in [0.717, 1.165) is 16.0 Å². The average molecular weight is 373 g/mol. The van der Waals surface area contributed by atoms with Crippen LogP contribution in [0.3, 0.4) is 0 Å². The molecule has 0 unspecified atom stereocenters. The normalized spacial score (nSPS) is 10.5. The zero-order valence-electron chi connectivity index (χ0n) is 13.8. The lowest BCUT2D eigenvalue weighted by molar-refractivity contribution is -0.608. The van der Waals surface area contributed by atoms with Gasteiger partial charge in [0.05, 0.1) is 16.8 Å². The Kier molecular flexibility index (Phi) is 5.28. The molecule has 0 spiro atoms. The first-order valence-corrected chi connectivity index (χ1v) is 8.57. The molecule has 8 nitrogen and oxygen atoms in total. The highest BCUT2D eigenvalue weighted by Gasteiger charge is 2.18. The Labute approximate surface area is 152 Å². The topological polar surface area (TPSA) is 104 Å². The molecule has 1 amide bonds. The maximum absolute atomic E-state index is 11.9. The second kappa shape index (κ2) is 7.79. The number of pyridine rings is 1. The third-order valence-electron chi connectivity index (χ3n) is 3.28. The average Bonchev–Trinajstić information content (AvgIpc) is 3.02. The van der Waals surface area contributed by atoms with E-state index in [2.05, 4.69) is 10.3 Å². The van der Waals surface area contributed by atoms with E-state index >= 15 is 0 Å². The van der Waals surface area contributed by atoms with Gasteiger partial charge in [0.2, 0.25) is 0 Å². The van der Waals surface area contributed by atoms with Crippen LogP contribution in [-0.4, -0.2) is 30.1 Å². The fraction of sp³-hybridized carbons (Fsp3) is 0.176. The number of nitrogens with zero attached hydrogens (tertiary/aromatic N) is 2. The van der Waals surface area contributed by atoms with Crippen molar-refractivity contribution in [1.29, 1.82) is 0 Å². The highest BCUT2D eigenvalue weighted by Crippen LogP contribution is 2.29. The third-order valence-corrected chi connectivity index (χ3v) is 4.22. The number of hydrogen-bond donors (Lipinski definition) is 1. The highest BCUT2D eigenvalue weighted by atomic mass is 32.1. The first kappa shape index (κ1) is 17.6. The number of amides is 1. The number of carbonyl (C=O) groups excluding carboxylic acids is 2. The summed E-state index contributed by atoms with van der Waals surface area (Å²) in [5.74, 6) is -0.693. The summed E-state index contributed by atoms with van der Waals surface area (Å²) in [5.41, 5.74) is 0.533.